The van der Waals surface area contributed by atoms with Gasteiger partial charge in [0.15, 0.2) is 5.65 Å². The van der Waals surface area contributed by atoms with Gasteiger partial charge in [-0.05, 0) is 18.2 Å². The number of benzene rings is 1. The summed E-state index contributed by atoms with van der Waals surface area (Å²) in [5.41, 5.74) is 1.69. The van der Waals surface area contributed by atoms with Crippen molar-refractivity contribution in [3.8, 4) is 0 Å². The minimum absolute atomic E-state index is 0.757. The topological polar surface area (TPSA) is 41.6 Å². The smallest absolute Gasteiger partial charge is 0.181 e. The molecule has 0 aliphatic heterocycles. The standard InChI is InChI=1S/C10H6N3/c1-2-4-9-7(3-1)5-8-6-11-13-10(8)12-9/h1,3-6H,(H,11,12,13). The van der Waals surface area contributed by atoms with Gasteiger partial charge in [-0.3, -0.25) is 5.10 Å². The Hall–Kier alpha value is -1.90. The molecular formula is C10H6N3. The molecular weight excluding hydrogens is 162 g/mol. The van der Waals surface area contributed by atoms with Crippen LogP contribution in [0.15, 0.2) is 30.5 Å². The molecule has 0 aliphatic rings. The first-order valence-corrected chi connectivity index (χ1v) is 4.04. The molecule has 0 atom stereocenters. The van der Waals surface area contributed by atoms with Crippen LogP contribution in [0.2, 0.25) is 0 Å². The van der Waals surface area contributed by atoms with Crippen LogP contribution in [0, 0.1) is 6.07 Å². The summed E-state index contributed by atoms with van der Waals surface area (Å²) in [6.07, 6.45) is 1.85. The number of pyridine rings is 1. The van der Waals surface area contributed by atoms with Gasteiger partial charge in [-0.2, -0.15) is 5.10 Å². The first-order valence-electron chi connectivity index (χ1n) is 4.04. The Kier molecular flexibility index (Phi) is 1.16. The van der Waals surface area contributed by atoms with E-state index in [0.717, 1.165) is 21.9 Å². The van der Waals surface area contributed by atoms with Crippen molar-refractivity contribution in [1.29, 1.82) is 0 Å². The van der Waals surface area contributed by atoms with E-state index >= 15 is 0 Å². The molecule has 0 fully saturated rings. The highest BCUT2D eigenvalue weighted by molar-refractivity contribution is 5.90. The zero-order chi connectivity index (χ0) is 8.67. The number of aromatic nitrogens is 3. The summed E-state index contributed by atoms with van der Waals surface area (Å²) in [5, 5.41) is 8.97. The lowest BCUT2D eigenvalue weighted by Gasteiger charge is -1.94. The fraction of sp³-hybridized carbons (Fsp3) is 0. The van der Waals surface area contributed by atoms with E-state index in [-0.39, 0.29) is 0 Å². The normalized spacial score (nSPS) is 11.1. The summed E-state index contributed by atoms with van der Waals surface area (Å²) >= 11 is 0. The molecule has 2 aromatic heterocycles. The molecule has 0 saturated heterocycles. The Morgan fingerprint density at radius 1 is 1.31 bits per heavy atom. The predicted octanol–water partition coefficient (Wildman–Crippen LogP) is 1.91. The first kappa shape index (κ1) is 6.60. The van der Waals surface area contributed by atoms with Crippen LogP contribution >= 0.6 is 0 Å². The average molecular weight is 168 g/mol. The maximum Gasteiger partial charge on any atom is 0.181 e. The third kappa shape index (κ3) is 0.902. The molecule has 1 aromatic carbocycles. The fourth-order valence-electron chi connectivity index (χ4n) is 1.42. The molecule has 0 aliphatic carbocycles. The van der Waals surface area contributed by atoms with Crippen LogP contribution in [-0.2, 0) is 0 Å². The van der Waals surface area contributed by atoms with Gasteiger partial charge in [-0.15, -0.1) is 0 Å². The SMILES string of the molecule is [c]1ccc2cc3c[nH]nc3nc2c1. The molecule has 3 aromatic rings. The van der Waals surface area contributed by atoms with E-state index < -0.39 is 0 Å². The highest BCUT2D eigenvalue weighted by Gasteiger charge is 1.99. The van der Waals surface area contributed by atoms with Crippen molar-refractivity contribution in [3.05, 3.63) is 36.5 Å². The van der Waals surface area contributed by atoms with Gasteiger partial charge in [0.1, 0.15) is 0 Å². The Labute approximate surface area is 74.4 Å². The van der Waals surface area contributed by atoms with E-state index in [4.69, 9.17) is 0 Å². The molecule has 13 heavy (non-hydrogen) atoms. The maximum atomic E-state index is 4.36. The second kappa shape index (κ2) is 2.29. The fourth-order valence-corrected chi connectivity index (χ4v) is 1.42. The van der Waals surface area contributed by atoms with Crippen LogP contribution in [0.5, 0.6) is 0 Å². The van der Waals surface area contributed by atoms with Crippen molar-refractivity contribution in [2.24, 2.45) is 0 Å². The highest BCUT2D eigenvalue weighted by atomic mass is 15.1. The third-order valence-electron chi connectivity index (χ3n) is 2.06. The number of rotatable bonds is 0. The number of fused-ring (bicyclic) bond motifs is 2. The number of H-pyrrole nitrogens is 1. The van der Waals surface area contributed by atoms with E-state index in [1.54, 1.807) is 0 Å². The van der Waals surface area contributed by atoms with Crippen molar-refractivity contribution >= 4 is 21.9 Å². The number of aromatic amines is 1. The molecule has 1 N–H and O–H groups in total. The second-order valence-corrected chi connectivity index (χ2v) is 2.91. The van der Waals surface area contributed by atoms with Crippen molar-refractivity contribution in [3.63, 3.8) is 0 Å². The molecule has 1 radical (unpaired) electrons. The molecule has 2 heterocycles. The summed E-state index contributed by atoms with van der Waals surface area (Å²) in [7, 11) is 0. The van der Waals surface area contributed by atoms with E-state index in [0.29, 0.717) is 0 Å². The van der Waals surface area contributed by atoms with Gasteiger partial charge in [-0.1, -0.05) is 12.1 Å². The number of nitrogens with zero attached hydrogens (tertiary/aromatic N) is 2. The monoisotopic (exact) mass is 168 g/mol. The average Bonchev–Trinajstić information content (AvgIpc) is 2.61. The molecule has 3 nitrogen and oxygen atoms in total. The lowest BCUT2D eigenvalue weighted by molar-refractivity contribution is 1.10. The molecule has 0 bridgehead atoms. The van der Waals surface area contributed by atoms with Gasteiger partial charge in [0.2, 0.25) is 0 Å². The van der Waals surface area contributed by atoms with Crippen molar-refractivity contribution in [1.82, 2.24) is 15.2 Å². The summed E-state index contributed by atoms with van der Waals surface area (Å²) in [5.74, 6) is 0. The maximum absolute atomic E-state index is 4.36. The lowest BCUT2D eigenvalue weighted by atomic mass is 10.2. The summed E-state index contributed by atoms with van der Waals surface area (Å²) in [6.45, 7) is 0. The Morgan fingerprint density at radius 3 is 3.31 bits per heavy atom. The van der Waals surface area contributed by atoms with Crippen LogP contribution in [0.4, 0.5) is 0 Å². The Balaban J connectivity index is 2.57. The minimum Gasteiger partial charge on any atom is -0.283 e. The Morgan fingerprint density at radius 2 is 2.31 bits per heavy atom. The van der Waals surface area contributed by atoms with Gasteiger partial charge in [0.05, 0.1) is 5.52 Å². The molecule has 3 heteroatoms. The van der Waals surface area contributed by atoms with Crippen LogP contribution < -0.4 is 0 Å². The van der Waals surface area contributed by atoms with E-state index in [1.807, 2.05) is 24.4 Å². The van der Waals surface area contributed by atoms with Gasteiger partial charge >= 0.3 is 0 Å². The molecule has 0 saturated carbocycles. The number of nitrogens with one attached hydrogen (secondary N) is 1. The zero-order valence-corrected chi connectivity index (χ0v) is 6.78. The lowest BCUT2D eigenvalue weighted by Crippen LogP contribution is -1.79. The quantitative estimate of drug-likeness (QED) is 0.557. The summed E-state index contributed by atoms with van der Waals surface area (Å²) in [4.78, 5) is 4.36. The van der Waals surface area contributed by atoms with E-state index in [9.17, 15) is 0 Å². The Bertz CT molecular complexity index is 519. The third-order valence-corrected chi connectivity index (χ3v) is 2.06. The first-order chi connectivity index (χ1) is 6.43. The van der Waals surface area contributed by atoms with Gasteiger partial charge in [0, 0.05) is 17.0 Å². The second-order valence-electron chi connectivity index (χ2n) is 2.91. The van der Waals surface area contributed by atoms with E-state index in [2.05, 4.69) is 27.3 Å². The molecule has 0 spiro atoms. The molecule has 3 rings (SSSR count). The predicted molar refractivity (Wildman–Crippen MR) is 50.2 cm³/mol. The largest absolute Gasteiger partial charge is 0.283 e. The highest BCUT2D eigenvalue weighted by Crippen LogP contribution is 2.16. The number of hydrogen-bond donors (Lipinski definition) is 1. The van der Waals surface area contributed by atoms with Crippen LogP contribution in [0.3, 0.4) is 0 Å². The van der Waals surface area contributed by atoms with Gasteiger partial charge in [0.25, 0.3) is 0 Å². The summed E-state index contributed by atoms with van der Waals surface area (Å²) < 4.78 is 0. The molecule has 0 unspecified atom stereocenters. The molecule has 61 valence electrons. The molecule has 0 amide bonds. The van der Waals surface area contributed by atoms with Gasteiger partial charge in [-0.25, -0.2) is 4.98 Å². The van der Waals surface area contributed by atoms with Crippen LogP contribution in [-0.4, -0.2) is 15.2 Å². The number of hydrogen-bond acceptors (Lipinski definition) is 2. The van der Waals surface area contributed by atoms with Crippen LogP contribution in [0.1, 0.15) is 0 Å². The zero-order valence-electron chi connectivity index (χ0n) is 6.78. The van der Waals surface area contributed by atoms with Crippen molar-refractivity contribution < 1.29 is 0 Å². The van der Waals surface area contributed by atoms with Crippen molar-refractivity contribution in [2.45, 2.75) is 0 Å². The van der Waals surface area contributed by atoms with E-state index in [1.165, 1.54) is 0 Å². The van der Waals surface area contributed by atoms with Crippen molar-refractivity contribution in [2.75, 3.05) is 0 Å². The van der Waals surface area contributed by atoms with Gasteiger partial charge < -0.3 is 0 Å². The van der Waals surface area contributed by atoms with Crippen LogP contribution in [0.25, 0.3) is 21.9 Å². The minimum atomic E-state index is 0.757. The summed E-state index contributed by atoms with van der Waals surface area (Å²) in [6, 6.07) is 10.8.